The third-order valence-corrected chi connectivity index (χ3v) is 3.33. The van der Waals surface area contributed by atoms with Gasteiger partial charge in [0.1, 0.15) is 0 Å². The summed E-state index contributed by atoms with van der Waals surface area (Å²) in [4.78, 5) is 16.3. The van der Waals surface area contributed by atoms with Crippen LogP contribution < -0.4 is 5.32 Å². The average molecular weight is 328 g/mol. The Morgan fingerprint density at radius 3 is 2.48 bits per heavy atom. The van der Waals surface area contributed by atoms with Gasteiger partial charge < -0.3 is 4.74 Å². The molecule has 1 aromatic rings. The van der Waals surface area contributed by atoms with Gasteiger partial charge in [-0.2, -0.15) is 13.2 Å². The van der Waals surface area contributed by atoms with Crippen molar-refractivity contribution in [3.05, 3.63) is 35.4 Å². The molecule has 1 aliphatic carbocycles. The maximum absolute atomic E-state index is 12.5. The number of amidine groups is 1. The Bertz CT molecular complexity index is 564. The molecule has 2 rings (SSSR count). The highest BCUT2D eigenvalue weighted by Gasteiger charge is 2.30. The summed E-state index contributed by atoms with van der Waals surface area (Å²) < 4.78 is 42.9. The molecular weight excluding hydrogens is 309 g/mol. The number of aliphatic imine (C=N–C) groups is 1. The lowest BCUT2D eigenvalue weighted by Crippen LogP contribution is -2.33. The van der Waals surface area contributed by atoms with Crippen molar-refractivity contribution in [2.24, 2.45) is 10.9 Å². The smallest absolute Gasteiger partial charge is 0.416 e. The Morgan fingerprint density at radius 2 is 1.96 bits per heavy atom. The van der Waals surface area contributed by atoms with Crippen LogP contribution in [0.25, 0.3) is 0 Å². The average Bonchev–Trinajstić information content (AvgIpc) is 3.33. The van der Waals surface area contributed by atoms with Crippen molar-refractivity contribution in [2.45, 2.75) is 32.4 Å². The van der Waals surface area contributed by atoms with E-state index in [1.54, 1.807) is 0 Å². The normalized spacial score (nSPS) is 15.4. The first-order chi connectivity index (χ1) is 10.9. The molecule has 0 spiro atoms. The van der Waals surface area contributed by atoms with Gasteiger partial charge >= 0.3 is 6.18 Å². The van der Waals surface area contributed by atoms with Gasteiger partial charge in [0.15, 0.2) is 0 Å². The van der Waals surface area contributed by atoms with E-state index in [0.29, 0.717) is 19.1 Å². The zero-order valence-corrected chi connectivity index (χ0v) is 12.8. The molecule has 7 heteroatoms. The number of carbonyl (C=O) groups is 1. The van der Waals surface area contributed by atoms with Crippen LogP contribution in [0.4, 0.5) is 13.2 Å². The van der Waals surface area contributed by atoms with Gasteiger partial charge in [-0.05, 0) is 49.4 Å². The van der Waals surface area contributed by atoms with Crippen LogP contribution in [0.2, 0.25) is 0 Å². The number of benzene rings is 1. The Labute approximate surface area is 132 Å². The minimum absolute atomic E-state index is 0.122. The number of carbonyl (C=O) groups excluding carboxylic acids is 1. The topological polar surface area (TPSA) is 50.7 Å². The van der Waals surface area contributed by atoms with Crippen LogP contribution in [0.1, 0.15) is 42.1 Å². The van der Waals surface area contributed by atoms with E-state index >= 15 is 0 Å². The zero-order chi connectivity index (χ0) is 16.9. The molecule has 0 aromatic heterocycles. The summed E-state index contributed by atoms with van der Waals surface area (Å²) in [5.74, 6) is 0.00238. The number of rotatable bonds is 5. The van der Waals surface area contributed by atoms with E-state index in [-0.39, 0.29) is 11.6 Å². The maximum atomic E-state index is 12.5. The minimum atomic E-state index is -4.42. The van der Waals surface area contributed by atoms with Crippen molar-refractivity contribution in [1.82, 2.24) is 5.32 Å². The molecule has 1 N–H and O–H groups in total. The fourth-order valence-electron chi connectivity index (χ4n) is 1.81. The van der Waals surface area contributed by atoms with Crippen molar-refractivity contribution >= 4 is 11.9 Å². The van der Waals surface area contributed by atoms with E-state index in [1.807, 2.05) is 6.92 Å². The first-order valence-electron chi connectivity index (χ1n) is 7.56. The first-order valence-corrected chi connectivity index (χ1v) is 7.56. The maximum Gasteiger partial charge on any atom is 0.416 e. The van der Waals surface area contributed by atoms with Crippen LogP contribution in [-0.4, -0.2) is 25.1 Å². The SMILES string of the molecule is CCCOC(=NCC1CC1)NC(=O)c1ccc(C(F)(F)F)cc1. The van der Waals surface area contributed by atoms with E-state index in [4.69, 9.17) is 4.74 Å². The van der Waals surface area contributed by atoms with Gasteiger partial charge in [-0.15, -0.1) is 0 Å². The molecular formula is C16H19F3N2O2. The largest absolute Gasteiger partial charge is 0.465 e. The lowest BCUT2D eigenvalue weighted by Gasteiger charge is -2.11. The summed E-state index contributed by atoms with van der Waals surface area (Å²) in [7, 11) is 0. The highest BCUT2D eigenvalue weighted by molar-refractivity contribution is 6.04. The highest BCUT2D eigenvalue weighted by Crippen LogP contribution is 2.29. The molecule has 0 aliphatic heterocycles. The zero-order valence-electron chi connectivity index (χ0n) is 12.8. The fourth-order valence-corrected chi connectivity index (χ4v) is 1.81. The molecule has 0 saturated heterocycles. The fraction of sp³-hybridized carbons (Fsp3) is 0.500. The summed E-state index contributed by atoms with van der Waals surface area (Å²) in [6.45, 7) is 2.93. The second-order valence-corrected chi connectivity index (χ2v) is 5.47. The Kier molecular flexibility index (Phi) is 5.63. The minimum Gasteiger partial charge on any atom is -0.465 e. The lowest BCUT2D eigenvalue weighted by molar-refractivity contribution is -0.137. The van der Waals surface area contributed by atoms with Crippen LogP contribution in [-0.2, 0) is 10.9 Å². The van der Waals surface area contributed by atoms with Crippen molar-refractivity contribution in [3.8, 4) is 0 Å². The van der Waals surface area contributed by atoms with Crippen molar-refractivity contribution in [2.75, 3.05) is 13.2 Å². The molecule has 0 bridgehead atoms. The Hall–Kier alpha value is -2.05. The molecule has 0 heterocycles. The van der Waals surface area contributed by atoms with E-state index in [2.05, 4.69) is 10.3 Å². The molecule has 1 aliphatic rings. The highest BCUT2D eigenvalue weighted by atomic mass is 19.4. The third-order valence-electron chi connectivity index (χ3n) is 3.33. The monoisotopic (exact) mass is 328 g/mol. The lowest BCUT2D eigenvalue weighted by atomic mass is 10.1. The molecule has 126 valence electrons. The molecule has 0 atom stereocenters. The molecule has 1 aromatic carbocycles. The van der Waals surface area contributed by atoms with E-state index in [1.165, 1.54) is 0 Å². The van der Waals surface area contributed by atoms with Crippen LogP contribution in [0.3, 0.4) is 0 Å². The van der Waals surface area contributed by atoms with Crippen LogP contribution in [0.15, 0.2) is 29.3 Å². The van der Waals surface area contributed by atoms with Gasteiger partial charge in [0.25, 0.3) is 11.9 Å². The van der Waals surface area contributed by atoms with Gasteiger partial charge in [0.2, 0.25) is 0 Å². The van der Waals surface area contributed by atoms with Gasteiger partial charge in [0, 0.05) is 12.1 Å². The summed E-state index contributed by atoms with van der Waals surface area (Å²) in [5.41, 5.74) is -0.670. The van der Waals surface area contributed by atoms with Gasteiger partial charge in [0.05, 0.1) is 12.2 Å². The molecule has 0 radical (unpaired) electrons. The van der Waals surface area contributed by atoms with E-state index < -0.39 is 17.6 Å². The predicted octanol–water partition coefficient (Wildman–Crippen LogP) is 3.63. The van der Waals surface area contributed by atoms with Crippen molar-refractivity contribution < 1.29 is 22.7 Å². The summed E-state index contributed by atoms with van der Waals surface area (Å²) in [6.07, 6.45) is -1.41. The molecule has 23 heavy (non-hydrogen) atoms. The first kappa shape index (κ1) is 17.3. The predicted molar refractivity (Wildman–Crippen MR) is 80.2 cm³/mol. The van der Waals surface area contributed by atoms with Crippen LogP contribution >= 0.6 is 0 Å². The molecule has 4 nitrogen and oxygen atoms in total. The quantitative estimate of drug-likeness (QED) is 0.663. The second-order valence-electron chi connectivity index (χ2n) is 5.47. The number of amides is 1. The molecule has 1 saturated carbocycles. The number of hydrogen-bond donors (Lipinski definition) is 1. The third kappa shape index (κ3) is 5.58. The van der Waals surface area contributed by atoms with Crippen molar-refractivity contribution in [3.63, 3.8) is 0 Å². The Balaban J connectivity index is 2.00. The Morgan fingerprint density at radius 1 is 1.30 bits per heavy atom. The number of nitrogens with zero attached hydrogens (tertiary/aromatic N) is 1. The summed E-state index contributed by atoms with van der Waals surface area (Å²) in [5, 5.41) is 2.52. The van der Waals surface area contributed by atoms with Gasteiger partial charge in [-0.3, -0.25) is 10.1 Å². The summed E-state index contributed by atoms with van der Waals surface area (Å²) in [6, 6.07) is 4.15. The number of halogens is 3. The van der Waals surface area contributed by atoms with Crippen LogP contribution in [0.5, 0.6) is 0 Å². The van der Waals surface area contributed by atoms with Gasteiger partial charge in [-0.25, -0.2) is 4.99 Å². The molecule has 1 fully saturated rings. The summed E-state index contributed by atoms with van der Waals surface area (Å²) >= 11 is 0. The second kappa shape index (κ2) is 7.48. The number of alkyl halides is 3. The molecule has 0 unspecified atom stereocenters. The van der Waals surface area contributed by atoms with Crippen LogP contribution in [0, 0.1) is 5.92 Å². The van der Waals surface area contributed by atoms with Gasteiger partial charge in [-0.1, -0.05) is 6.92 Å². The number of hydrogen-bond acceptors (Lipinski definition) is 3. The van der Waals surface area contributed by atoms with Crippen molar-refractivity contribution in [1.29, 1.82) is 0 Å². The molecule has 1 amide bonds. The van der Waals surface area contributed by atoms with E-state index in [0.717, 1.165) is 43.5 Å². The van der Waals surface area contributed by atoms with E-state index in [9.17, 15) is 18.0 Å². The standard InChI is InChI=1S/C16H19F3N2O2/c1-2-9-23-15(20-10-11-3-4-11)21-14(22)12-5-7-13(8-6-12)16(17,18)19/h5-8,11H,2-4,9-10H2,1H3,(H,20,21,22). The number of ether oxygens (including phenoxy) is 1. The number of nitrogens with one attached hydrogen (secondary N) is 1.